The van der Waals surface area contributed by atoms with E-state index in [9.17, 15) is 18.0 Å². The SMILES string of the molecule is CCCCCC=NS(=O)(=O)OC(=O)c1ccc(C(=O)O)cc1.OCCO. The van der Waals surface area contributed by atoms with Gasteiger partial charge in [0.05, 0.1) is 24.3 Å². The van der Waals surface area contributed by atoms with E-state index in [1.807, 2.05) is 6.92 Å². The highest BCUT2D eigenvalue weighted by molar-refractivity contribution is 7.85. The zero-order valence-electron chi connectivity index (χ0n) is 14.4. The highest BCUT2D eigenvalue weighted by Crippen LogP contribution is 2.09. The number of carbonyl (C=O) groups is 2. The molecule has 0 radical (unpaired) electrons. The number of rotatable bonds is 9. The monoisotopic (exact) mass is 389 g/mol. The van der Waals surface area contributed by atoms with E-state index in [4.69, 9.17) is 15.3 Å². The number of carboxylic acid groups (broad SMARTS) is 1. The van der Waals surface area contributed by atoms with E-state index in [0.29, 0.717) is 6.42 Å². The van der Waals surface area contributed by atoms with Gasteiger partial charge in [0, 0.05) is 6.21 Å². The van der Waals surface area contributed by atoms with E-state index < -0.39 is 22.2 Å². The van der Waals surface area contributed by atoms with Crippen LogP contribution in [0.5, 0.6) is 0 Å². The number of aromatic carboxylic acids is 1. The van der Waals surface area contributed by atoms with Crippen LogP contribution in [0.4, 0.5) is 0 Å². The number of unbranched alkanes of at least 4 members (excludes halogenated alkanes) is 3. The van der Waals surface area contributed by atoms with Crippen molar-refractivity contribution in [2.75, 3.05) is 13.2 Å². The number of benzene rings is 1. The Morgan fingerprint density at radius 1 is 1.08 bits per heavy atom. The van der Waals surface area contributed by atoms with Crippen LogP contribution < -0.4 is 0 Å². The number of hydrogen-bond donors (Lipinski definition) is 3. The second-order valence-corrected chi connectivity index (χ2v) is 6.14. The van der Waals surface area contributed by atoms with Crippen LogP contribution in [0, 0.1) is 0 Å². The maximum Gasteiger partial charge on any atom is 0.430 e. The molecule has 26 heavy (non-hydrogen) atoms. The summed E-state index contributed by atoms with van der Waals surface area (Å²) in [5, 5.41) is 24.0. The molecule has 9 nitrogen and oxygen atoms in total. The summed E-state index contributed by atoms with van der Waals surface area (Å²) in [6.07, 6.45) is 4.45. The molecule has 0 saturated carbocycles. The van der Waals surface area contributed by atoms with Crippen LogP contribution in [0.25, 0.3) is 0 Å². The number of nitrogens with zero attached hydrogens (tertiary/aromatic N) is 1. The Hall–Kier alpha value is -2.30. The second-order valence-electron chi connectivity index (χ2n) is 4.91. The molecule has 0 aromatic heterocycles. The van der Waals surface area contributed by atoms with Crippen molar-refractivity contribution in [3.05, 3.63) is 35.4 Å². The van der Waals surface area contributed by atoms with Crippen molar-refractivity contribution in [2.24, 2.45) is 4.40 Å². The van der Waals surface area contributed by atoms with Gasteiger partial charge in [-0.2, -0.15) is 8.42 Å². The van der Waals surface area contributed by atoms with E-state index in [0.717, 1.165) is 19.3 Å². The number of carboxylic acids is 1. The smallest absolute Gasteiger partial charge is 0.430 e. The van der Waals surface area contributed by atoms with Crippen LogP contribution in [0.2, 0.25) is 0 Å². The van der Waals surface area contributed by atoms with Gasteiger partial charge in [-0.25, -0.2) is 9.59 Å². The maximum absolute atomic E-state index is 11.7. The lowest BCUT2D eigenvalue weighted by Crippen LogP contribution is -2.11. The lowest BCUT2D eigenvalue weighted by Gasteiger charge is -2.02. The van der Waals surface area contributed by atoms with E-state index in [2.05, 4.69) is 8.58 Å². The Bertz CT molecular complexity index is 681. The molecular weight excluding hydrogens is 366 g/mol. The Labute approximate surface area is 152 Å². The molecule has 3 N–H and O–H groups in total. The summed E-state index contributed by atoms with van der Waals surface area (Å²) in [6, 6.07) is 4.71. The third-order valence-corrected chi connectivity index (χ3v) is 3.56. The summed E-state index contributed by atoms with van der Waals surface area (Å²) < 4.78 is 30.5. The molecule has 10 heteroatoms. The van der Waals surface area contributed by atoms with E-state index in [1.165, 1.54) is 30.5 Å². The highest BCUT2D eigenvalue weighted by atomic mass is 32.2. The largest absolute Gasteiger partial charge is 0.478 e. The predicted molar refractivity (Wildman–Crippen MR) is 94.5 cm³/mol. The first-order chi connectivity index (χ1) is 12.3. The number of aliphatic hydroxyl groups is 2. The summed E-state index contributed by atoms with van der Waals surface area (Å²) in [5.74, 6) is -2.26. The van der Waals surface area contributed by atoms with Gasteiger partial charge < -0.3 is 19.5 Å². The van der Waals surface area contributed by atoms with Gasteiger partial charge in [0.2, 0.25) is 0 Å². The molecule has 0 amide bonds. The van der Waals surface area contributed by atoms with Crippen molar-refractivity contribution in [1.29, 1.82) is 0 Å². The Morgan fingerprint density at radius 3 is 2.08 bits per heavy atom. The molecule has 0 aliphatic rings. The van der Waals surface area contributed by atoms with Crippen LogP contribution in [0.3, 0.4) is 0 Å². The molecule has 0 atom stereocenters. The molecule has 0 saturated heterocycles. The van der Waals surface area contributed by atoms with Crippen molar-refractivity contribution in [3.8, 4) is 0 Å². The van der Waals surface area contributed by atoms with Gasteiger partial charge in [-0.1, -0.05) is 19.8 Å². The quantitative estimate of drug-likeness (QED) is 0.424. The number of aliphatic hydroxyl groups excluding tert-OH is 2. The van der Waals surface area contributed by atoms with Crippen LogP contribution in [-0.2, 0) is 14.5 Å². The fourth-order valence-electron chi connectivity index (χ4n) is 1.54. The van der Waals surface area contributed by atoms with E-state index >= 15 is 0 Å². The summed E-state index contributed by atoms with van der Waals surface area (Å²) >= 11 is 0. The van der Waals surface area contributed by atoms with Gasteiger partial charge in [0.25, 0.3) is 0 Å². The molecular formula is C16H23NO8S. The number of hydrogen-bond acceptors (Lipinski definition) is 7. The van der Waals surface area contributed by atoms with Gasteiger partial charge >= 0.3 is 22.2 Å². The zero-order valence-corrected chi connectivity index (χ0v) is 15.2. The maximum atomic E-state index is 11.7. The fourth-order valence-corrected chi connectivity index (χ4v) is 2.16. The Morgan fingerprint density at radius 2 is 1.62 bits per heavy atom. The topological polar surface area (TPSA) is 151 Å². The zero-order chi connectivity index (χ0) is 20.0. The highest BCUT2D eigenvalue weighted by Gasteiger charge is 2.17. The average molecular weight is 389 g/mol. The average Bonchev–Trinajstić information content (AvgIpc) is 2.61. The number of carbonyl (C=O) groups excluding carboxylic acids is 1. The summed E-state index contributed by atoms with van der Waals surface area (Å²) in [5.41, 5.74) is -0.0943. The third kappa shape index (κ3) is 10.5. The molecule has 0 heterocycles. The summed E-state index contributed by atoms with van der Waals surface area (Å²) in [7, 11) is -4.34. The van der Waals surface area contributed by atoms with Gasteiger partial charge in [-0.15, -0.1) is 4.40 Å². The van der Waals surface area contributed by atoms with Gasteiger partial charge in [-0.05, 0) is 37.1 Å². The van der Waals surface area contributed by atoms with Gasteiger partial charge in [-0.3, -0.25) is 0 Å². The first-order valence-electron chi connectivity index (χ1n) is 7.85. The van der Waals surface area contributed by atoms with Crippen LogP contribution in [-0.4, -0.2) is 55.1 Å². The van der Waals surface area contributed by atoms with Crippen molar-refractivity contribution < 1.29 is 37.5 Å². The van der Waals surface area contributed by atoms with Crippen molar-refractivity contribution in [2.45, 2.75) is 32.6 Å². The van der Waals surface area contributed by atoms with Crippen molar-refractivity contribution in [1.82, 2.24) is 0 Å². The first kappa shape index (κ1) is 23.7. The molecule has 1 aromatic rings. The molecule has 1 rings (SSSR count). The van der Waals surface area contributed by atoms with Crippen molar-refractivity contribution in [3.63, 3.8) is 0 Å². The molecule has 0 aliphatic heterocycles. The fraction of sp³-hybridized carbons (Fsp3) is 0.438. The van der Waals surface area contributed by atoms with E-state index in [1.54, 1.807) is 0 Å². The van der Waals surface area contributed by atoms with E-state index in [-0.39, 0.29) is 24.3 Å². The molecule has 0 aliphatic carbocycles. The summed E-state index contributed by atoms with van der Waals surface area (Å²) in [6.45, 7) is 1.77. The second kappa shape index (κ2) is 13.0. The predicted octanol–water partition coefficient (Wildman–Crippen LogP) is 1.41. The summed E-state index contributed by atoms with van der Waals surface area (Å²) in [4.78, 5) is 22.3. The van der Waals surface area contributed by atoms with Crippen LogP contribution >= 0.6 is 0 Å². The Balaban J connectivity index is 0.00000141. The third-order valence-electron chi connectivity index (χ3n) is 2.79. The first-order valence-corrected chi connectivity index (χ1v) is 9.21. The normalized spacial score (nSPS) is 10.9. The van der Waals surface area contributed by atoms with Crippen molar-refractivity contribution >= 4 is 28.5 Å². The lowest BCUT2D eigenvalue weighted by atomic mass is 10.1. The molecule has 0 spiro atoms. The minimum atomic E-state index is -4.34. The van der Waals surface area contributed by atoms with Gasteiger partial charge in [0.1, 0.15) is 0 Å². The minimum absolute atomic E-state index is 0.0200. The minimum Gasteiger partial charge on any atom is -0.478 e. The molecule has 0 fully saturated rings. The van der Waals surface area contributed by atoms with Crippen LogP contribution in [0.15, 0.2) is 28.7 Å². The molecule has 1 aromatic carbocycles. The van der Waals surface area contributed by atoms with Crippen LogP contribution in [0.1, 0.15) is 53.3 Å². The Kier molecular flexibility index (Phi) is 11.8. The lowest BCUT2D eigenvalue weighted by molar-refractivity contribution is 0.0692. The molecule has 0 bridgehead atoms. The molecule has 0 unspecified atom stereocenters. The van der Waals surface area contributed by atoms with Gasteiger partial charge in [0.15, 0.2) is 0 Å². The standard InChI is InChI=1S/C14H17NO6S.C2H6O2/c1-2-3-4-5-10-15-22(19,20)21-14(18)12-8-6-11(7-9-12)13(16)17;3-1-2-4/h6-10H,2-5H2,1H3,(H,16,17);3-4H,1-2H2. The molecule has 146 valence electrons.